The maximum atomic E-state index is 12.3. The summed E-state index contributed by atoms with van der Waals surface area (Å²) < 4.78 is 0. The van der Waals surface area contributed by atoms with Crippen molar-refractivity contribution in [2.24, 2.45) is 5.73 Å². The molecule has 0 radical (unpaired) electrons. The van der Waals surface area contributed by atoms with E-state index in [4.69, 9.17) is 5.73 Å². The van der Waals surface area contributed by atoms with Crippen molar-refractivity contribution in [2.75, 3.05) is 27.2 Å². The molecular weight excluding hydrogens is 238 g/mol. The Balaban J connectivity index is 1.95. The molecule has 1 fully saturated rings. The number of rotatable bonds is 4. The van der Waals surface area contributed by atoms with Gasteiger partial charge in [0.1, 0.15) is 6.04 Å². The van der Waals surface area contributed by atoms with Gasteiger partial charge < -0.3 is 15.5 Å². The Morgan fingerprint density at radius 3 is 2.74 bits per heavy atom. The van der Waals surface area contributed by atoms with Crippen molar-refractivity contribution in [2.45, 2.75) is 24.9 Å². The third-order valence-electron chi connectivity index (χ3n) is 3.96. The minimum atomic E-state index is -0.557. The number of benzene rings is 1. The molecule has 4 nitrogen and oxygen atoms in total. The van der Waals surface area contributed by atoms with Gasteiger partial charge in [-0.15, -0.1) is 0 Å². The molecule has 0 bridgehead atoms. The van der Waals surface area contributed by atoms with Crippen LogP contribution in [0, 0.1) is 0 Å². The van der Waals surface area contributed by atoms with Gasteiger partial charge in [0.15, 0.2) is 0 Å². The lowest BCUT2D eigenvalue weighted by Crippen LogP contribution is -2.43. The molecular formula is C15H23N3O. The number of nitrogens with two attached hydrogens (primary N) is 1. The maximum absolute atomic E-state index is 12.3. The maximum Gasteiger partial charge on any atom is 0.243 e. The molecule has 0 saturated carbocycles. The van der Waals surface area contributed by atoms with E-state index in [1.807, 2.05) is 37.4 Å². The van der Waals surface area contributed by atoms with Gasteiger partial charge in [-0.05, 0) is 32.0 Å². The van der Waals surface area contributed by atoms with Crippen molar-refractivity contribution in [3.8, 4) is 0 Å². The summed E-state index contributed by atoms with van der Waals surface area (Å²) in [7, 11) is 3.96. The molecule has 2 atom stereocenters. The van der Waals surface area contributed by atoms with E-state index in [0.29, 0.717) is 6.04 Å². The standard InChI is InChI=1S/C15H23N3O/c1-17-10-6-9-13(17)11-18(2)15(19)14(16)12-7-4-3-5-8-12/h3-5,7-8,13-14H,6,9-11,16H2,1-2H3/t13?,14-/m1/s1. The van der Waals surface area contributed by atoms with E-state index in [1.165, 1.54) is 6.42 Å². The van der Waals surface area contributed by atoms with Gasteiger partial charge in [-0.2, -0.15) is 0 Å². The van der Waals surface area contributed by atoms with Crippen LogP contribution in [0.3, 0.4) is 0 Å². The van der Waals surface area contributed by atoms with Gasteiger partial charge in [-0.1, -0.05) is 30.3 Å². The van der Waals surface area contributed by atoms with Crippen LogP contribution in [-0.2, 0) is 4.79 Å². The number of hydrogen-bond acceptors (Lipinski definition) is 3. The topological polar surface area (TPSA) is 49.6 Å². The lowest BCUT2D eigenvalue weighted by molar-refractivity contribution is -0.132. The van der Waals surface area contributed by atoms with Crippen LogP contribution < -0.4 is 5.73 Å². The zero-order chi connectivity index (χ0) is 13.8. The Hall–Kier alpha value is -1.39. The zero-order valence-corrected chi connectivity index (χ0v) is 11.7. The van der Waals surface area contributed by atoms with Crippen molar-refractivity contribution >= 4 is 5.91 Å². The van der Waals surface area contributed by atoms with E-state index in [1.54, 1.807) is 4.90 Å². The summed E-state index contributed by atoms with van der Waals surface area (Å²) in [4.78, 5) is 16.4. The van der Waals surface area contributed by atoms with Gasteiger partial charge in [0.25, 0.3) is 0 Å². The summed E-state index contributed by atoms with van der Waals surface area (Å²) in [6, 6.07) is 9.46. The number of likely N-dealkylation sites (N-methyl/N-ethyl adjacent to an activating group) is 2. The SMILES string of the molecule is CN(CC1CCCN1C)C(=O)[C@H](N)c1ccccc1. The van der Waals surface area contributed by atoms with Crippen LogP contribution in [-0.4, -0.2) is 48.9 Å². The second-order valence-corrected chi connectivity index (χ2v) is 5.38. The molecule has 4 heteroatoms. The lowest BCUT2D eigenvalue weighted by Gasteiger charge is -2.27. The average molecular weight is 261 g/mol. The number of amides is 1. The highest BCUT2D eigenvalue weighted by Crippen LogP contribution is 2.17. The van der Waals surface area contributed by atoms with Crippen LogP contribution in [0.4, 0.5) is 0 Å². The Kier molecular flexibility index (Phi) is 4.56. The predicted octanol–water partition coefficient (Wildman–Crippen LogP) is 1.24. The van der Waals surface area contributed by atoms with Crippen LogP contribution in [0.25, 0.3) is 0 Å². The minimum absolute atomic E-state index is 0.00787. The van der Waals surface area contributed by atoms with Gasteiger partial charge in [-0.25, -0.2) is 0 Å². The first-order valence-corrected chi connectivity index (χ1v) is 6.85. The highest BCUT2D eigenvalue weighted by atomic mass is 16.2. The normalized spacial score (nSPS) is 21.3. The second kappa shape index (κ2) is 6.17. The van der Waals surface area contributed by atoms with Crippen molar-refractivity contribution in [1.82, 2.24) is 9.80 Å². The summed E-state index contributed by atoms with van der Waals surface area (Å²) in [6.45, 7) is 1.88. The van der Waals surface area contributed by atoms with E-state index < -0.39 is 6.04 Å². The third-order valence-corrected chi connectivity index (χ3v) is 3.96. The lowest BCUT2D eigenvalue weighted by atomic mass is 10.1. The van der Waals surface area contributed by atoms with Gasteiger partial charge in [0.05, 0.1) is 0 Å². The molecule has 1 unspecified atom stereocenters. The van der Waals surface area contributed by atoms with E-state index >= 15 is 0 Å². The quantitative estimate of drug-likeness (QED) is 0.887. The van der Waals surface area contributed by atoms with Gasteiger partial charge >= 0.3 is 0 Å². The number of nitrogens with zero attached hydrogens (tertiary/aromatic N) is 2. The molecule has 1 aliphatic heterocycles. The summed E-state index contributed by atoms with van der Waals surface area (Å²) in [5, 5.41) is 0. The number of likely N-dealkylation sites (tertiary alicyclic amines) is 1. The highest BCUT2D eigenvalue weighted by Gasteiger charge is 2.26. The molecule has 1 aromatic rings. The predicted molar refractivity (Wildman–Crippen MR) is 76.7 cm³/mol. The smallest absolute Gasteiger partial charge is 0.243 e. The van der Waals surface area contributed by atoms with E-state index in [2.05, 4.69) is 11.9 Å². The van der Waals surface area contributed by atoms with Gasteiger partial charge in [0, 0.05) is 19.6 Å². The molecule has 0 aliphatic carbocycles. The molecule has 104 valence electrons. The highest BCUT2D eigenvalue weighted by molar-refractivity contribution is 5.82. The summed E-state index contributed by atoms with van der Waals surface area (Å²) in [6.07, 6.45) is 2.38. The fourth-order valence-electron chi connectivity index (χ4n) is 2.66. The molecule has 1 heterocycles. The number of carbonyl (C=O) groups excluding carboxylic acids is 1. The van der Waals surface area contributed by atoms with Gasteiger partial charge in [0.2, 0.25) is 5.91 Å². The van der Waals surface area contributed by atoms with Crippen molar-refractivity contribution in [1.29, 1.82) is 0 Å². The zero-order valence-electron chi connectivity index (χ0n) is 11.7. The molecule has 2 N–H and O–H groups in total. The van der Waals surface area contributed by atoms with Crippen LogP contribution in [0.2, 0.25) is 0 Å². The van der Waals surface area contributed by atoms with Crippen molar-refractivity contribution in [3.63, 3.8) is 0 Å². The molecule has 1 amide bonds. The molecule has 1 aromatic carbocycles. The van der Waals surface area contributed by atoms with Crippen molar-refractivity contribution in [3.05, 3.63) is 35.9 Å². The number of hydrogen-bond donors (Lipinski definition) is 1. The largest absolute Gasteiger partial charge is 0.343 e. The summed E-state index contributed by atoms with van der Waals surface area (Å²) in [5.74, 6) is -0.00787. The molecule has 0 spiro atoms. The second-order valence-electron chi connectivity index (χ2n) is 5.38. The minimum Gasteiger partial charge on any atom is -0.343 e. The van der Waals surface area contributed by atoms with E-state index in [0.717, 1.165) is 25.1 Å². The molecule has 0 aromatic heterocycles. The van der Waals surface area contributed by atoms with Crippen molar-refractivity contribution < 1.29 is 4.79 Å². The molecule has 1 saturated heterocycles. The average Bonchev–Trinajstić information content (AvgIpc) is 2.83. The fourth-order valence-corrected chi connectivity index (χ4v) is 2.66. The van der Waals surface area contributed by atoms with E-state index in [9.17, 15) is 4.79 Å². The van der Waals surface area contributed by atoms with Crippen LogP contribution in [0.15, 0.2) is 30.3 Å². The Bertz CT molecular complexity index is 421. The monoisotopic (exact) mass is 261 g/mol. The number of carbonyl (C=O) groups is 1. The first-order valence-electron chi connectivity index (χ1n) is 6.85. The van der Waals surface area contributed by atoms with Crippen LogP contribution in [0.5, 0.6) is 0 Å². The Morgan fingerprint density at radius 2 is 2.16 bits per heavy atom. The molecule has 19 heavy (non-hydrogen) atoms. The first kappa shape index (κ1) is 14.0. The van der Waals surface area contributed by atoms with E-state index in [-0.39, 0.29) is 5.91 Å². The first-order chi connectivity index (χ1) is 9.09. The summed E-state index contributed by atoms with van der Waals surface area (Å²) >= 11 is 0. The van der Waals surface area contributed by atoms with Crippen LogP contribution >= 0.6 is 0 Å². The molecule has 1 aliphatic rings. The van der Waals surface area contributed by atoms with Crippen LogP contribution in [0.1, 0.15) is 24.4 Å². The Labute approximate surface area is 115 Å². The van der Waals surface area contributed by atoms with Gasteiger partial charge in [-0.3, -0.25) is 4.79 Å². The third kappa shape index (κ3) is 3.33. The molecule has 2 rings (SSSR count). The summed E-state index contributed by atoms with van der Waals surface area (Å²) in [5.41, 5.74) is 6.92. The fraction of sp³-hybridized carbons (Fsp3) is 0.533. The Morgan fingerprint density at radius 1 is 1.47 bits per heavy atom.